The van der Waals surface area contributed by atoms with E-state index in [0.29, 0.717) is 31.7 Å². The predicted molar refractivity (Wildman–Crippen MR) is 95.4 cm³/mol. The molecule has 0 radical (unpaired) electrons. The first-order valence-corrected chi connectivity index (χ1v) is 9.98. The van der Waals surface area contributed by atoms with E-state index in [-0.39, 0.29) is 5.91 Å². The highest BCUT2D eigenvalue weighted by Gasteiger charge is 2.26. The molecule has 0 spiro atoms. The van der Waals surface area contributed by atoms with Crippen molar-refractivity contribution in [3.8, 4) is 5.69 Å². The number of sulfonamides is 1. The molecule has 0 bridgehead atoms. The number of amides is 1. The SMILES string of the molecule is Cc1cc(C)n(-c2ccc(C(=O)N3CCN(S(C)(=O)=O)CC3)cc2)n1. The zero-order valence-electron chi connectivity index (χ0n) is 14.6. The van der Waals surface area contributed by atoms with Gasteiger partial charge in [-0.15, -0.1) is 0 Å². The number of carbonyl (C=O) groups is 1. The Bertz CT molecular complexity index is 879. The third kappa shape index (κ3) is 3.74. The standard InChI is InChI=1S/C17H22N4O3S/c1-13-12-14(2)21(18-13)16-6-4-15(5-7-16)17(22)19-8-10-20(11-9-19)25(3,23)24/h4-7,12H,8-11H2,1-3H3. The molecule has 0 saturated carbocycles. The van der Waals surface area contributed by atoms with Crippen LogP contribution in [-0.2, 0) is 10.0 Å². The smallest absolute Gasteiger partial charge is 0.253 e. The van der Waals surface area contributed by atoms with Crippen molar-refractivity contribution in [3.63, 3.8) is 0 Å². The molecule has 1 fully saturated rings. The minimum absolute atomic E-state index is 0.0759. The van der Waals surface area contributed by atoms with E-state index in [2.05, 4.69) is 5.10 Å². The van der Waals surface area contributed by atoms with Crippen molar-refractivity contribution < 1.29 is 13.2 Å². The maximum absolute atomic E-state index is 12.6. The zero-order chi connectivity index (χ0) is 18.2. The van der Waals surface area contributed by atoms with Gasteiger partial charge in [0.2, 0.25) is 10.0 Å². The molecular weight excluding hydrogens is 340 g/mol. The second-order valence-corrected chi connectivity index (χ2v) is 8.32. The summed E-state index contributed by atoms with van der Waals surface area (Å²) in [5, 5.41) is 4.44. The van der Waals surface area contributed by atoms with Crippen LogP contribution in [0.15, 0.2) is 30.3 Å². The van der Waals surface area contributed by atoms with Gasteiger partial charge in [-0.2, -0.15) is 9.40 Å². The number of hydrogen-bond acceptors (Lipinski definition) is 4. The van der Waals surface area contributed by atoms with E-state index in [9.17, 15) is 13.2 Å². The van der Waals surface area contributed by atoms with Crippen molar-refractivity contribution >= 4 is 15.9 Å². The van der Waals surface area contributed by atoms with Crippen molar-refractivity contribution in [2.45, 2.75) is 13.8 Å². The van der Waals surface area contributed by atoms with E-state index < -0.39 is 10.0 Å². The maximum atomic E-state index is 12.6. The number of hydrogen-bond donors (Lipinski definition) is 0. The molecule has 1 aliphatic rings. The Morgan fingerprint density at radius 3 is 2.12 bits per heavy atom. The van der Waals surface area contributed by atoms with Crippen LogP contribution in [0.4, 0.5) is 0 Å². The van der Waals surface area contributed by atoms with E-state index in [0.717, 1.165) is 17.1 Å². The molecule has 25 heavy (non-hydrogen) atoms. The number of aryl methyl sites for hydroxylation is 2. The summed E-state index contributed by atoms with van der Waals surface area (Å²) in [4.78, 5) is 14.3. The topological polar surface area (TPSA) is 75.5 Å². The predicted octanol–water partition coefficient (Wildman–Crippen LogP) is 1.21. The van der Waals surface area contributed by atoms with Gasteiger partial charge >= 0.3 is 0 Å². The molecule has 0 unspecified atom stereocenters. The summed E-state index contributed by atoms with van der Waals surface area (Å²) in [6.07, 6.45) is 1.20. The molecular formula is C17H22N4O3S. The van der Waals surface area contributed by atoms with E-state index in [1.807, 2.05) is 36.7 Å². The Morgan fingerprint density at radius 1 is 1.04 bits per heavy atom. The van der Waals surface area contributed by atoms with Gasteiger partial charge in [0.15, 0.2) is 0 Å². The van der Waals surface area contributed by atoms with Crippen LogP contribution in [-0.4, -0.2) is 65.7 Å². The van der Waals surface area contributed by atoms with Gasteiger partial charge in [0, 0.05) is 37.4 Å². The lowest BCUT2D eigenvalue weighted by molar-refractivity contribution is 0.0698. The Hall–Kier alpha value is -2.19. The summed E-state index contributed by atoms with van der Waals surface area (Å²) in [5.74, 6) is -0.0759. The Labute approximate surface area is 147 Å². The molecule has 0 aliphatic carbocycles. The highest BCUT2D eigenvalue weighted by atomic mass is 32.2. The number of benzene rings is 1. The fraction of sp³-hybridized carbons (Fsp3) is 0.412. The number of piperazine rings is 1. The van der Waals surface area contributed by atoms with Gasteiger partial charge in [0.1, 0.15) is 0 Å². The van der Waals surface area contributed by atoms with E-state index in [1.165, 1.54) is 10.6 Å². The van der Waals surface area contributed by atoms with Crippen LogP contribution in [0.1, 0.15) is 21.7 Å². The molecule has 1 aliphatic heterocycles. The molecule has 0 N–H and O–H groups in total. The summed E-state index contributed by atoms with van der Waals surface area (Å²) < 4.78 is 26.3. The average molecular weight is 362 g/mol. The number of carbonyl (C=O) groups excluding carboxylic acids is 1. The lowest BCUT2D eigenvalue weighted by atomic mass is 10.1. The average Bonchev–Trinajstić information content (AvgIpc) is 2.92. The monoisotopic (exact) mass is 362 g/mol. The minimum Gasteiger partial charge on any atom is -0.336 e. The lowest BCUT2D eigenvalue weighted by Crippen LogP contribution is -2.50. The maximum Gasteiger partial charge on any atom is 0.253 e. The third-order valence-corrected chi connectivity index (χ3v) is 5.67. The number of nitrogens with zero attached hydrogens (tertiary/aromatic N) is 4. The summed E-state index contributed by atoms with van der Waals surface area (Å²) >= 11 is 0. The molecule has 3 rings (SSSR count). The van der Waals surface area contributed by atoms with Crippen LogP contribution in [0.3, 0.4) is 0 Å². The molecule has 1 aromatic heterocycles. The van der Waals surface area contributed by atoms with E-state index >= 15 is 0 Å². The van der Waals surface area contributed by atoms with Crippen LogP contribution in [0.25, 0.3) is 5.69 Å². The largest absolute Gasteiger partial charge is 0.336 e. The van der Waals surface area contributed by atoms with Crippen LogP contribution < -0.4 is 0 Å². The molecule has 7 nitrogen and oxygen atoms in total. The zero-order valence-corrected chi connectivity index (χ0v) is 15.5. The second kappa shape index (κ2) is 6.61. The number of rotatable bonds is 3. The highest BCUT2D eigenvalue weighted by Crippen LogP contribution is 2.15. The van der Waals surface area contributed by atoms with Gasteiger partial charge in [-0.3, -0.25) is 4.79 Å². The van der Waals surface area contributed by atoms with Crippen molar-refractivity contribution in [1.82, 2.24) is 19.0 Å². The van der Waals surface area contributed by atoms with E-state index in [4.69, 9.17) is 0 Å². The van der Waals surface area contributed by atoms with Crippen LogP contribution in [0.5, 0.6) is 0 Å². The first-order chi connectivity index (χ1) is 11.8. The molecule has 0 atom stereocenters. The minimum atomic E-state index is -3.19. The van der Waals surface area contributed by atoms with Gasteiger partial charge in [-0.05, 0) is 44.2 Å². The summed E-state index contributed by atoms with van der Waals surface area (Å²) in [7, 11) is -3.19. The fourth-order valence-electron chi connectivity index (χ4n) is 3.04. The first kappa shape index (κ1) is 17.6. The highest BCUT2D eigenvalue weighted by molar-refractivity contribution is 7.88. The van der Waals surface area contributed by atoms with Gasteiger partial charge in [-0.1, -0.05) is 0 Å². The van der Waals surface area contributed by atoms with Crippen molar-refractivity contribution in [1.29, 1.82) is 0 Å². The summed E-state index contributed by atoms with van der Waals surface area (Å²) in [5.41, 5.74) is 3.48. The van der Waals surface area contributed by atoms with Gasteiger partial charge in [0.05, 0.1) is 17.6 Å². The quantitative estimate of drug-likeness (QED) is 0.822. The second-order valence-electron chi connectivity index (χ2n) is 6.34. The first-order valence-electron chi connectivity index (χ1n) is 8.14. The van der Waals surface area contributed by atoms with Crippen molar-refractivity contribution in [2.24, 2.45) is 0 Å². The van der Waals surface area contributed by atoms with Crippen LogP contribution in [0, 0.1) is 13.8 Å². The molecule has 1 amide bonds. The number of aromatic nitrogens is 2. The van der Waals surface area contributed by atoms with E-state index in [1.54, 1.807) is 17.0 Å². The van der Waals surface area contributed by atoms with Crippen molar-refractivity contribution in [2.75, 3.05) is 32.4 Å². The summed E-state index contributed by atoms with van der Waals surface area (Å²) in [6, 6.07) is 9.33. The molecule has 8 heteroatoms. The Kier molecular flexibility index (Phi) is 4.66. The molecule has 1 aromatic carbocycles. The molecule has 2 heterocycles. The van der Waals surface area contributed by atoms with Crippen LogP contribution in [0.2, 0.25) is 0 Å². The molecule has 134 valence electrons. The van der Waals surface area contributed by atoms with Crippen molar-refractivity contribution in [3.05, 3.63) is 47.3 Å². The van der Waals surface area contributed by atoms with Crippen LogP contribution >= 0.6 is 0 Å². The third-order valence-electron chi connectivity index (χ3n) is 4.36. The Morgan fingerprint density at radius 2 is 1.64 bits per heavy atom. The van der Waals surface area contributed by atoms with Gasteiger partial charge < -0.3 is 4.90 Å². The summed E-state index contributed by atoms with van der Waals surface area (Å²) in [6.45, 7) is 5.43. The molecule has 2 aromatic rings. The normalized spacial score (nSPS) is 16.2. The lowest BCUT2D eigenvalue weighted by Gasteiger charge is -2.33. The molecule has 1 saturated heterocycles. The Balaban J connectivity index is 1.71. The van der Waals surface area contributed by atoms with Gasteiger partial charge in [0.25, 0.3) is 5.91 Å². The fourth-order valence-corrected chi connectivity index (χ4v) is 3.87. The van der Waals surface area contributed by atoms with Gasteiger partial charge in [-0.25, -0.2) is 13.1 Å².